The van der Waals surface area contributed by atoms with Crippen molar-refractivity contribution in [1.82, 2.24) is 10.2 Å². The molecular formula is C14H26N2O2. The summed E-state index contributed by atoms with van der Waals surface area (Å²) < 4.78 is 5.52. The predicted molar refractivity (Wildman–Crippen MR) is 71.5 cm³/mol. The Labute approximate surface area is 110 Å². The number of carbonyl (C=O) groups excluding carboxylic acids is 1. The molecule has 4 nitrogen and oxygen atoms in total. The molecule has 0 spiro atoms. The van der Waals surface area contributed by atoms with Gasteiger partial charge >= 0.3 is 6.09 Å². The maximum Gasteiger partial charge on any atom is 0.410 e. The van der Waals surface area contributed by atoms with E-state index in [-0.39, 0.29) is 6.09 Å². The maximum atomic E-state index is 12.3. The fraction of sp³-hybridized carbons (Fsp3) is 0.929. The van der Waals surface area contributed by atoms with Crippen LogP contribution in [0.25, 0.3) is 0 Å². The molecule has 1 N–H and O–H groups in total. The molecule has 1 amide bonds. The van der Waals surface area contributed by atoms with Crippen molar-refractivity contribution in [3.63, 3.8) is 0 Å². The van der Waals surface area contributed by atoms with Crippen LogP contribution < -0.4 is 5.32 Å². The number of ether oxygens (including phenoxy) is 1. The molecular weight excluding hydrogens is 228 g/mol. The number of fused-ring (bicyclic) bond motifs is 1. The minimum Gasteiger partial charge on any atom is -0.444 e. The molecule has 0 radical (unpaired) electrons. The molecule has 0 bridgehead atoms. The van der Waals surface area contributed by atoms with E-state index in [0.717, 1.165) is 38.4 Å². The first-order chi connectivity index (χ1) is 8.42. The lowest BCUT2D eigenvalue weighted by Gasteiger charge is -2.42. The summed E-state index contributed by atoms with van der Waals surface area (Å²) in [7, 11) is 0. The molecule has 3 unspecified atom stereocenters. The van der Waals surface area contributed by atoms with E-state index >= 15 is 0 Å². The van der Waals surface area contributed by atoms with Crippen LogP contribution in [0.2, 0.25) is 0 Å². The van der Waals surface area contributed by atoms with Gasteiger partial charge in [0.05, 0.1) is 0 Å². The van der Waals surface area contributed by atoms with Gasteiger partial charge in [0.25, 0.3) is 0 Å². The average molecular weight is 254 g/mol. The van der Waals surface area contributed by atoms with Crippen molar-refractivity contribution in [1.29, 1.82) is 0 Å². The third kappa shape index (κ3) is 2.79. The van der Waals surface area contributed by atoms with Crippen molar-refractivity contribution in [2.75, 3.05) is 19.6 Å². The Morgan fingerprint density at radius 2 is 2.11 bits per heavy atom. The first-order valence-corrected chi connectivity index (χ1v) is 7.12. The van der Waals surface area contributed by atoms with Crippen LogP contribution in [0.4, 0.5) is 4.79 Å². The Hall–Kier alpha value is -0.770. The van der Waals surface area contributed by atoms with Gasteiger partial charge in [-0.05, 0) is 52.0 Å². The van der Waals surface area contributed by atoms with Gasteiger partial charge in [0, 0.05) is 19.1 Å². The Morgan fingerprint density at radius 3 is 2.72 bits per heavy atom. The molecule has 0 saturated carbocycles. The van der Waals surface area contributed by atoms with Crippen LogP contribution in [0, 0.1) is 11.8 Å². The Balaban J connectivity index is 2.05. The molecule has 18 heavy (non-hydrogen) atoms. The summed E-state index contributed by atoms with van der Waals surface area (Å²) in [6, 6.07) is 0.341. The van der Waals surface area contributed by atoms with E-state index in [1.165, 1.54) is 0 Å². The highest BCUT2D eigenvalue weighted by Gasteiger charge is 2.42. The van der Waals surface area contributed by atoms with Crippen LogP contribution in [-0.2, 0) is 4.74 Å². The number of hydrogen-bond donors (Lipinski definition) is 1. The number of carbonyl (C=O) groups is 1. The van der Waals surface area contributed by atoms with Crippen molar-refractivity contribution in [3.8, 4) is 0 Å². The normalized spacial score (nSPS) is 32.2. The number of nitrogens with zero attached hydrogens (tertiary/aromatic N) is 1. The summed E-state index contributed by atoms with van der Waals surface area (Å²) in [5.41, 5.74) is -0.403. The fourth-order valence-electron chi connectivity index (χ4n) is 3.29. The summed E-state index contributed by atoms with van der Waals surface area (Å²) in [5, 5.41) is 3.46. The second-order valence-corrected chi connectivity index (χ2v) is 6.52. The van der Waals surface area contributed by atoms with E-state index in [0.29, 0.717) is 12.0 Å². The zero-order chi connectivity index (χ0) is 13.3. The summed E-state index contributed by atoms with van der Waals surface area (Å²) in [4.78, 5) is 14.2. The zero-order valence-electron chi connectivity index (χ0n) is 12.0. The second kappa shape index (κ2) is 5.08. The molecule has 2 saturated heterocycles. The topological polar surface area (TPSA) is 41.6 Å². The smallest absolute Gasteiger partial charge is 0.410 e. The third-order valence-corrected chi connectivity index (χ3v) is 4.07. The highest BCUT2D eigenvalue weighted by atomic mass is 16.6. The van der Waals surface area contributed by atoms with Gasteiger partial charge in [0.2, 0.25) is 0 Å². The zero-order valence-corrected chi connectivity index (χ0v) is 12.0. The number of likely N-dealkylation sites (tertiary alicyclic amines) is 1. The van der Waals surface area contributed by atoms with Gasteiger partial charge in [-0.1, -0.05) is 6.92 Å². The molecule has 0 aromatic carbocycles. The highest BCUT2D eigenvalue weighted by molar-refractivity contribution is 5.68. The highest BCUT2D eigenvalue weighted by Crippen LogP contribution is 2.34. The van der Waals surface area contributed by atoms with E-state index in [9.17, 15) is 4.79 Å². The van der Waals surface area contributed by atoms with Crippen molar-refractivity contribution in [3.05, 3.63) is 0 Å². The number of amides is 1. The van der Waals surface area contributed by atoms with E-state index < -0.39 is 5.60 Å². The molecule has 0 aromatic heterocycles. The maximum absolute atomic E-state index is 12.3. The largest absolute Gasteiger partial charge is 0.444 e. The van der Waals surface area contributed by atoms with Crippen LogP contribution in [0.5, 0.6) is 0 Å². The Kier molecular flexibility index (Phi) is 3.85. The quantitative estimate of drug-likeness (QED) is 0.780. The van der Waals surface area contributed by atoms with Crippen molar-refractivity contribution in [2.24, 2.45) is 11.8 Å². The monoisotopic (exact) mass is 254 g/mol. The van der Waals surface area contributed by atoms with Gasteiger partial charge in [-0.25, -0.2) is 4.79 Å². The van der Waals surface area contributed by atoms with Crippen LogP contribution in [0.3, 0.4) is 0 Å². The van der Waals surface area contributed by atoms with E-state index in [4.69, 9.17) is 4.74 Å². The van der Waals surface area contributed by atoms with Crippen molar-refractivity contribution >= 4 is 6.09 Å². The predicted octanol–water partition coefficient (Wildman–Crippen LogP) is 2.24. The molecule has 104 valence electrons. The lowest BCUT2D eigenvalue weighted by Crippen LogP contribution is -2.52. The molecule has 2 fully saturated rings. The summed E-state index contributed by atoms with van der Waals surface area (Å²) >= 11 is 0. The minimum atomic E-state index is -0.403. The number of nitrogens with one attached hydrogen (secondary N) is 1. The second-order valence-electron chi connectivity index (χ2n) is 6.52. The van der Waals surface area contributed by atoms with Crippen molar-refractivity contribution < 1.29 is 9.53 Å². The van der Waals surface area contributed by atoms with Gasteiger partial charge in [0.1, 0.15) is 5.60 Å². The molecule has 2 rings (SSSR count). The van der Waals surface area contributed by atoms with Gasteiger partial charge < -0.3 is 15.0 Å². The standard InChI is InChI=1S/C14H26N2O2/c1-5-12-11-9-15-8-10(11)6-7-16(12)13(17)18-14(2,3)4/h10-12,15H,5-9H2,1-4H3. The SMILES string of the molecule is CCC1C2CNCC2CCN1C(=O)OC(C)(C)C. The Bertz CT molecular complexity index is 311. The van der Waals surface area contributed by atoms with Gasteiger partial charge in [-0.15, -0.1) is 0 Å². The molecule has 2 aliphatic heterocycles. The van der Waals surface area contributed by atoms with Crippen LogP contribution >= 0.6 is 0 Å². The third-order valence-electron chi connectivity index (χ3n) is 4.07. The summed E-state index contributed by atoms with van der Waals surface area (Å²) in [6.07, 6.45) is 1.98. The summed E-state index contributed by atoms with van der Waals surface area (Å²) in [5.74, 6) is 1.35. The lowest BCUT2D eigenvalue weighted by atomic mass is 9.81. The first kappa shape index (κ1) is 13.7. The van der Waals surface area contributed by atoms with Crippen LogP contribution in [-0.4, -0.2) is 42.3 Å². The van der Waals surface area contributed by atoms with Crippen molar-refractivity contribution in [2.45, 2.75) is 52.2 Å². The molecule has 2 aliphatic rings. The number of hydrogen-bond acceptors (Lipinski definition) is 3. The molecule has 4 heteroatoms. The molecule has 2 heterocycles. The first-order valence-electron chi connectivity index (χ1n) is 7.12. The van der Waals surface area contributed by atoms with Gasteiger partial charge in [-0.2, -0.15) is 0 Å². The van der Waals surface area contributed by atoms with Gasteiger partial charge in [-0.3, -0.25) is 0 Å². The number of rotatable bonds is 1. The molecule has 0 aromatic rings. The number of piperidine rings is 1. The van der Waals surface area contributed by atoms with E-state index in [1.54, 1.807) is 0 Å². The van der Waals surface area contributed by atoms with Crippen LogP contribution in [0.1, 0.15) is 40.5 Å². The lowest BCUT2D eigenvalue weighted by molar-refractivity contribution is -0.00508. The summed E-state index contributed by atoms with van der Waals surface area (Å²) in [6.45, 7) is 11.0. The average Bonchev–Trinajstić information content (AvgIpc) is 2.72. The van der Waals surface area contributed by atoms with E-state index in [1.807, 2.05) is 25.7 Å². The van der Waals surface area contributed by atoms with Gasteiger partial charge in [0.15, 0.2) is 0 Å². The van der Waals surface area contributed by atoms with Crippen LogP contribution in [0.15, 0.2) is 0 Å². The minimum absolute atomic E-state index is 0.139. The molecule has 3 atom stereocenters. The fourth-order valence-corrected chi connectivity index (χ4v) is 3.29. The molecule has 0 aliphatic carbocycles. The van der Waals surface area contributed by atoms with E-state index in [2.05, 4.69) is 12.2 Å². The Morgan fingerprint density at radius 1 is 1.39 bits per heavy atom.